The highest BCUT2D eigenvalue weighted by atomic mass is 16.3. The fraction of sp³-hybridized carbons (Fsp3) is 0.625. The van der Waals surface area contributed by atoms with E-state index in [0.29, 0.717) is 31.0 Å². The Bertz CT molecular complexity index is 633. The zero-order chi connectivity index (χ0) is 16.1. The maximum Gasteiger partial charge on any atom is 0.255 e. The molecule has 1 aromatic rings. The van der Waals surface area contributed by atoms with Crippen LogP contribution in [0.3, 0.4) is 0 Å². The molecule has 2 heterocycles. The number of carbonyl (C=O) groups is 2. The standard InChI is InChI=1S/C16H23N3O3/c1-10-8-13(11(2)19(10)12-4-5-12)14(20)18-7-3-6-16(22,9-18)15(17)21/h8,12,22H,3-7,9H2,1-2H3,(H2,17,21). The minimum atomic E-state index is -1.60. The van der Waals surface area contributed by atoms with E-state index in [9.17, 15) is 14.7 Å². The molecule has 2 fully saturated rings. The molecule has 2 aliphatic rings. The van der Waals surface area contributed by atoms with Gasteiger partial charge in [-0.15, -0.1) is 0 Å². The molecular weight excluding hydrogens is 282 g/mol. The van der Waals surface area contributed by atoms with Gasteiger partial charge in [0.15, 0.2) is 5.60 Å². The molecule has 6 heteroatoms. The predicted octanol–water partition coefficient (Wildman–Crippen LogP) is 0.892. The molecule has 0 bridgehead atoms. The van der Waals surface area contributed by atoms with Gasteiger partial charge in [0.05, 0.1) is 12.1 Å². The minimum absolute atomic E-state index is 0.0196. The van der Waals surface area contributed by atoms with Gasteiger partial charge in [-0.3, -0.25) is 9.59 Å². The molecule has 1 aliphatic carbocycles. The molecule has 1 saturated heterocycles. The number of rotatable bonds is 3. The van der Waals surface area contributed by atoms with Gasteiger partial charge in [-0.2, -0.15) is 0 Å². The predicted molar refractivity (Wildman–Crippen MR) is 81.5 cm³/mol. The van der Waals surface area contributed by atoms with E-state index in [-0.39, 0.29) is 12.5 Å². The van der Waals surface area contributed by atoms with Crippen LogP contribution < -0.4 is 5.73 Å². The van der Waals surface area contributed by atoms with Crippen LogP contribution in [0.25, 0.3) is 0 Å². The van der Waals surface area contributed by atoms with Gasteiger partial charge in [0.25, 0.3) is 11.8 Å². The fourth-order valence-corrected chi connectivity index (χ4v) is 3.47. The molecule has 1 aromatic heterocycles. The first-order valence-corrected chi connectivity index (χ1v) is 7.83. The summed E-state index contributed by atoms with van der Waals surface area (Å²) >= 11 is 0. The van der Waals surface area contributed by atoms with E-state index < -0.39 is 11.5 Å². The smallest absolute Gasteiger partial charge is 0.255 e. The number of nitrogens with zero attached hydrogens (tertiary/aromatic N) is 2. The molecule has 1 aliphatic heterocycles. The summed E-state index contributed by atoms with van der Waals surface area (Å²) in [6, 6.07) is 2.43. The average Bonchev–Trinajstić information content (AvgIpc) is 3.24. The third kappa shape index (κ3) is 2.41. The van der Waals surface area contributed by atoms with Gasteiger partial charge < -0.3 is 20.3 Å². The summed E-state index contributed by atoms with van der Waals surface area (Å²) in [5.74, 6) is -0.882. The van der Waals surface area contributed by atoms with E-state index in [1.54, 1.807) is 4.90 Å². The number of aryl methyl sites for hydroxylation is 1. The lowest BCUT2D eigenvalue weighted by molar-refractivity contribution is -0.140. The SMILES string of the molecule is Cc1cc(C(=O)N2CCCC(O)(C(N)=O)C2)c(C)n1C1CC1. The van der Waals surface area contributed by atoms with Crippen LogP contribution in [0.5, 0.6) is 0 Å². The van der Waals surface area contributed by atoms with Crippen molar-refractivity contribution in [2.75, 3.05) is 13.1 Å². The Morgan fingerprint density at radius 1 is 1.36 bits per heavy atom. The molecule has 1 saturated carbocycles. The van der Waals surface area contributed by atoms with Crippen molar-refractivity contribution in [3.8, 4) is 0 Å². The van der Waals surface area contributed by atoms with Crippen LogP contribution in [0.1, 0.15) is 53.5 Å². The van der Waals surface area contributed by atoms with Crippen molar-refractivity contribution in [2.24, 2.45) is 5.73 Å². The number of aliphatic hydroxyl groups is 1. The summed E-state index contributed by atoms with van der Waals surface area (Å²) in [6.07, 6.45) is 3.21. The molecule has 3 rings (SSSR count). The Morgan fingerprint density at radius 3 is 2.64 bits per heavy atom. The first kappa shape index (κ1) is 15.1. The van der Waals surface area contributed by atoms with E-state index in [0.717, 1.165) is 24.2 Å². The lowest BCUT2D eigenvalue weighted by Crippen LogP contribution is -2.57. The monoisotopic (exact) mass is 305 g/mol. The van der Waals surface area contributed by atoms with E-state index in [1.165, 1.54) is 0 Å². The van der Waals surface area contributed by atoms with Crippen molar-refractivity contribution in [3.63, 3.8) is 0 Å². The molecule has 3 N–H and O–H groups in total. The number of hydrogen-bond donors (Lipinski definition) is 2. The van der Waals surface area contributed by atoms with Crippen LogP contribution in [0.2, 0.25) is 0 Å². The van der Waals surface area contributed by atoms with Crippen LogP contribution in [-0.4, -0.2) is 45.1 Å². The normalized spacial score (nSPS) is 25.3. The summed E-state index contributed by atoms with van der Waals surface area (Å²) in [4.78, 5) is 25.8. The summed E-state index contributed by atoms with van der Waals surface area (Å²) < 4.78 is 2.22. The molecular formula is C16H23N3O3. The summed E-state index contributed by atoms with van der Waals surface area (Å²) in [6.45, 7) is 4.50. The molecule has 6 nitrogen and oxygen atoms in total. The first-order valence-electron chi connectivity index (χ1n) is 7.83. The molecule has 1 unspecified atom stereocenters. The molecule has 0 radical (unpaired) electrons. The van der Waals surface area contributed by atoms with E-state index in [1.807, 2.05) is 19.9 Å². The molecule has 120 valence electrons. The number of piperidine rings is 1. The molecule has 0 spiro atoms. The maximum absolute atomic E-state index is 12.8. The highest BCUT2D eigenvalue weighted by Gasteiger charge is 2.41. The van der Waals surface area contributed by atoms with E-state index >= 15 is 0 Å². The van der Waals surface area contributed by atoms with Crippen molar-refractivity contribution in [1.29, 1.82) is 0 Å². The molecule has 2 amide bonds. The zero-order valence-corrected chi connectivity index (χ0v) is 13.1. The van der Waals surface area contributed by atoms with Crippen LogP contribution in [-0.2, 0) is 4.79 Å². The molecule has 22 heavy (non-hydrogen) atoms. The Morgan fingerprint density at radius 2 is 2.05 bits per heavy atom. The molecule has 1 atom stereocenters. The van der Waals surface area contributed by atoms with Crippen molar-refractivity contribution in [2.45, 2.75) is 51.2 Å². The number of carbonyl (C=O) groups excluding carboxylic acids is 2. The summed E-state index contributed by atoms with van der Waals surface area (Å²) in [5, 5.41) is 10.3. The summed E-state index contributed by atoms with van der Waals surface area (Å²) in [7, 11) is 0. The maximum atomic E-state index is 12.8. The van der Waals surface area contributed by atoms with Gasteiger partial charge in [0.1, 0.15) is 0 Å². The van der Waals surface area contributed by atoms with Crippen LogP contribution in [0.15, 0.2) is 6.07 Å². The number of β-amino-alcohol motifs (C(OH)–C–C–N with tert-alkyl or cyclic N) is 1. The number of aromatic nitrogens is 1. The van der Waals surface area contributed by atoms with Gasteiger partial charge >= 0.3 is 0 Å². The fourth-order valence-electron chi connectivity index (χ4n) is 3.47. The van der Waals surface area contributed by atoms with E-state index in [2.05, 4.69) is 4.57 Å². The lowest BCUT2D eigenvalue weighted by Gasteiger charge is -2.37. The highest BCUT2D eigenvalue weighted by Crippen LogP contribution is 2.38. The highest BCUT2D eigenvalue weighted by molar-refractivity contribution is 5.96. The van der Waals surface area contributed by atoms with Crippen LogP contribution in [0, 0.1) is 13.8 Å². The van der Waals surface area contributed by atoms with Crippen LogP contribution in [0.4, 0.5) is 0 Å². The largest absolute Gasteiger partial charge is 0.378 e. The minimum Gasteiger partial charge on any atom is -0.378 e. The van der Waals surface area contributed by atoms with Crippen molar-refractivity contribution in [1.82, 2.24) is 9.47 Å². The number of primary amides is 1. The zero-order valence-electron chi connectivity index (χ0n) is 13.1. The molecule has 0 aromatic carbocycles. The van der Waals surface area contributed by atoms with Gasteiger partial charge in [-0.1, -0.05) is 0 Å². The topological polar surface area (TPSA) is 88.6 Å². The van der Waals surface area contributed by atoms with Crippen molar-refractivity contribution in [3.05, 3.63) is 23.0 Å². The van der Waals surface area contributed by atoms with Crippen molar-refractivity contribution >= 4 is 11.8 Å². The third-order valence-electron chi connectivity index (χ3n) is 4.84. The Kier molecular flexibility index (Phi) is 3.51. The average molecular weight is 305 g/mol. The van der Waals surface area contributed by atoms with E-state index in [4.69, 9.17) is 5.73 Å². The number of likely N-dealkylation sites (tertiary alicyclic amines) is 1. The first-order chi connectivity index (χ1) is 10.3. The Balaban J connectivity index is 1.85. The lowest BCUT2D eigenvalue weighted by atomic mass is 9.92. The Labute approximate surface area is 129 Å². The second kappa shape index (κ2) is 5.12. The summed E-state index contributed by atoms with van der Waals surface area (Å²) in [5.41, 5.74) is 6.40. The van der Waals surface area contributed by atoms with Crippen LogP contribution >= 0.6 is 0 Å². The van der Waals surface area contributed by atoms with Crippen molar-refractivity contribution < 1.29 is 14.7 Å². The number of hydrogen-bond acceptors (Lipinski definition) is 3. The second-order valence-electron chi connectivity index (χ2n) is 6.61. The van der Waals surface area contributed by atoms with Gasteiger partial charge in [-0.05, 0) is 45.6 Å². The second-order valence-corrected chi connectivity index (χ2v) is 6.61. The van der Waals surface area contributed by atoms with Gasteiger partial charge in [0.2, 0.25) is 0 Å². The van der Waals surface area contributed by atoms with Gasteiger partial charge in [0, 0.05) is 24.0 Å². The quantitative estimate of drug-likeness (QED) is 0.869. The Hall–Kier alpha value is -1.82. The number of nitrogens with two attached hydrogens (primary N) is 1. The van der Waals surface area contributed by atoms with Gasteiger partial charge in [-0.25, -0.2) is 0 Å². The number of amides is 2. The third-order valence-corrected chi connectivity index (χ3v) is 4.84.